The van der Waals surface area contributed by atoms with Crippen molar-refractivity contribution in [1.82, 2.24) is 0 Å². The van der Waals surface area contributed by atoms with Crippen molar-refractivity contribution in [3.8, 4) is 0 Å². The van der Waals surface area contributed by atoms with E-state index in [2.05, 4.69) is 6.58 Å². The molecule has 3 rings (SSSR count). The van der Waals surface area contributed by atoms with E-state index >= 15 is 0 Å². The van der Waals surface area contributed by atoms with Gasteiger partial charge in [0, 0.05) is 24.3 Å². The fourth-order valence-corrected chi connectivity index (χ4v) is 4.72. The molecule has 5 nitrogen and oxygen atoms in total. The fourth-order valence-electron chi connectivity index (χ4n) is 3.20. The van der Waals surface area contributed by atoms with Crippen LogP contribution in [0.2, 0.25) is 0 Å². The van der Waals surface area contributed by atoms with Crippen LogP contribution in [0.1, 0.15) is 17.3 Å². The predicted octanol–water partition coefficient (Wildman–Crippen LogP) is 4.73. The molecule has 0 heterocycles. The van der Waals surface area contributed by atoms with Crippen LogP contribution in [0.25, 0.3) is 0 Å². The van der Waals surface area contributed by atoms with Crippen molar-refractivity contribution >= 4 is 27.3 Å². The lowest BCUT2D eigenvalue weighted by atomic mass is 10.1. The van der Waals surface area contributed by atoms with Gasteiger partial charge in [0.15, 0.2) is 0 Å². The second kappa shape index (κ2) is 9.41. The zero-order chi connectivity index (χ0) is 21.6. The average Bonchev–Trinajstić information content (AvgIpc) is 2.79. The van der Waals surface area contributed by atoms with Gasteiger partial charge in [0.2, 0.25) is 0 Å². The third-order valence-corrected chi connectivity index (χ3v) is 6.52. The summed E-state index contributed by atoms with van der Waals surface area (Å²) in [6.45, 7) is 6.09. The van der Waals surface area contributed by atoms with Crippen LogP contribution < -0.4 is 9.21 Å². The molecule has 0 bridgehead atoms. The molecule has 0 aliphatic heterocycles. The van der Waals surface area contributed by atoms with Crippen LogP contribution in [0.15, 0.2) is 102 Å². The van der Waals surface area contributed by atoms with Gasteiger partial charge in [-0.1, -0.05) is 48.5 Å². The maximum absolute atomic E-state index is 13.3. The molecule has 0 aromatic heterocycles. The van der Waals surface area contributed by atoms with E-state index in [1.165, 1.54) is 16.4 Å². The first-order chi connectivity index (χ1) is 14.5. The van der Waals surface area contributed by atoms with E-state index in [1.54, 1.807) is 54.3 Å². The molecule has 0 aliphatic carbocycles. The maximum atomic E-state index is 13.3. The lowest BCUT2D eigenvalue weighted by molar-refractivity contribution is 0.0989. The SMILES string of the molecule is C=CCN(C(=O)c1cccc(S(=O)(=O)N(CC)c2ccccc2)c1)c1ccccc1. The predicted molar refractivity (Wildman–Crippen MR) is 121 cm³/mol. The number of hydrogen-bond donors (Lipinski definition) is 0. The average molecular weight is 421 g/mol. The Hall–Kier alpha value is -3.38. The van der Waals surface area contributed by atoms with E-state index in [0.29, 0.717) is 17.8 Å². The molecule has 0 unspecified atom stereocenters. The highest BCUT2D eigenvalue weighted by molar-refractivity contribution is 7.92. The van der Waals surface area contributed by atoms with Gasteiger partial charge in [0.1, 0.15) is 0 Å². The Balaban J connectivity index is 1.98. The Morgan fingerprint density at radius 3 is 2.07 bits per heavy atom. The molecule has 3 aromatic rings. The molecule has 0 radical (unpaired) electrons. The van der Waals surface area contributed by atoms with Gasteiger partial charge in [-0.15, -0.1) is 6.58 Å². The van der Waals surface area contributed by atoms with Crippen LogP contribution in [0.5, 0.6) is 0 Å². The van der Waals surface area contributed by atoms with Crippen molar-refractivity contribution in [1.29, 1.82) is 0 Å². The molecule has 0 aliphatic rings. The molecule has 0 N–H and O–H groups in total. The van der Waals surface area contributed by atoms with Crippen LogP contribution in [-0.4, -0.2) is 27.4 Å². The number of nitrogens with zero attached hydrogens (tertiary/aromatic N) is 2. The van der Waals surface area contributed by atoms with Gasteiger partial charge in [-0.25, -0.2) is 8.42 Å². The normalized spacial score (nSPS) is 11.0. The summed E-state index contributed by atoms with van der Waals surface area (Å²) in [4.78, 5) is 14.8. The number of rotatable bonds is 8. The number of hydrogen-bond acceptors (Lipinski definition) is 3. The smallest absolute Gasteiger partial charge is 0.264 e. The molecule has 0 saturated heterocycles. The van der Waals surface area contributed by atoms with Crippen LogP contribution in [0, 0.1) is 0 Å². The lowest BCUT2D eigenvalue weighted by Gasteiger charge is -2.24. The van der Waals surface area contributed by atoms with E-state index in [9.17, 15) is 13.2 Å². The van der Waals surface area contributed by atoms with Crippen molar-refractivity contribution in [3.63, 3.8) is 0 Å². The van der Waals surface area contributed by atoms with Gasteiger partial charge in [0.05, 0.1) is 10.6 Å². The summed E-state index contributed by atoms with van der Waals surface area (Å²) in [5, 5.41) is 0. The van der Waals surface area contributed by atoms with E-state index in [4.69, 9.17) is 0 Å². The molecule has 1 amide bonds. The van der Waals surface area contributed by atoms with E-state index in [1.807, 2.05) is 36.4 Å². The van der Waals surface area contributed by atoms with Gasteiger partial charge < -0.3 is 4.90 Å². The van der Waals surface area contributed by atoms with Gasteiger partial charge >= 0.3 is 0 Å². The highest BCUT2D eigenvalue weighted by atomic mass is 32.2. The fraction of sp³-hybridized carbons (Fsp3) is 0.125. The summed E-state index contributed by atoms with van der Waals surface area (Å²) in [6.07, 6.45) is 1.64. The van der Waals surface area contributed by atoms with Gasteiger partial charge in [0.25, 0.3) is 15.9 Å². The summed E-state index contributed by atoms with van der Waals surface area (Å²) < 4.78 is 27.9. The Bertz CT molecular complexity index is 1110. The van der Waals surface area contributed by atoms with Crippen molar-refractivity contribution in [3.05, 3.63) is 103 Å². The highest BCUT2D eigenvalue weighted by Gasteiger charge is 2.25. The Labute approximate surface area is 177 Å². The molecule has 154 valence electrons. The first kappa shape index (κ1) is 21.3. The number of anilines is 2. The van der Waals surface area contributed by atoms with Crippen LogP contribution >= 0.6 is 0 Å². The van der Waals surface area contributed by atoms with Crippen LogP contribution in [0.4, 0.5) is 11.4 Å². The Kier molecular flexibility index (Phi) is 6.69. The Morgan fingerprint density at radius 1 is 0.900 bits per heavy atom. The summed E-state index contributed by atoms with van der Waals surface area (Å²) in [5.74, 6) is -0.291. The zero-order valence-corrected chi connectivity index (χ0v) is 17.6. The Morgan fingerprint density at radius 2 is 1.50 bits per heavy atom. The number of sulfonamides is 1. The summed E-state index contributed by atoms with van der Waals surface area (Å²) in [6, 6.07) is 24.3. The molecule has 0 spiro atoms. The second-order valence-electron chi connectivity index (χ2n) is 6.57. The van der Waals surface area contributed by atoms with Crippen LogP contribution in [-0.2, 0) is 10.0 Å². The number of carbonyl (C=O) groups excluding carboxylic acids is 1. The van der Waals surface area contributed by atoms with E-state index < -0.39 is 10.0 Å². The molecular weight excluding hydrogens is 396 g/mol. The summed E-state index contributed by atoms with van der Waals surface area (Å²) in [7, 11) is -3.82. The minimum atomic E-state index is -3.82. The minimum absolute atomic E-state index is 0.0747. The quantitative estimate of drug-likeness (QED) is 0.495. The third kappa shape index (κ3) is 4.44. The molecule has 30 heavy (non-hydrogen) atoms. The van der Waals surface area contributed by atoms with E-state index in [-0.39, 0.29) is 17.3 Å². The van der Waals surface area contributed by atoms with Gasteiger partial charge in [-0.2, -0.15) is 0 Å². The second-order valence-corrected chi connectivity index (χ2v) is 8.44. The number of amides is 1. The lowest BCUT2D eigenvalue weighted by Crippen LogP contribution is -2.32. The highest BCUT2D eigenvalue weighted by Crippen LogP contribution is 2.25. The molecular formula is C24H24N2O3S. The van der Waals surface area contributed by atoms with Gasteiger partial charge in [-0.05, 0) is 49.4 Å². The molecule has 0 fully saturated rings. The topological polar surface area (TPSA) is 57.7 Å². The monoisotopic (exact) mass is 420 g/mol. The standard InChI is InChI=1S/C24H24N2O3S/c1-3-18-25(21-13-7-5-8-14-21)24(27)20-12-11-17-23(19-20)30(28,29)26(4-2)22-15-9-6-10-16-22/h3,5-17,19H,1,4,18H2,2H3. The minimum Gasteiger partial charge on any atom is -0.305 e. The van der Waals surface area contributed by atoms with Crippen molar-refractivity contribution in [2.24, 2.45) is 0 Å². The molecule has 6 heteroatoms. The van der Waals surface area contributed by atoms with Crippen LogP contribution in [0.3, 0.4) is 0 Å². The largest absolute Gasteiger partial charge is 0.305 e. The van der Waals surface area contributed by atoms with Crippen molar-refractivity contribution in [2.75, 3.05) is 22.3 Å². The first-order valence-corrected chi connectivity index (χ1v) is 11.1. The third-order valence-electron chi connectivity index (χ3n) is 4.63. The zero-order valence-electron chi connectivity index (χ0n) is 16.8. The molecule has 0 atom stereocenters. The number of carbonyl (C=O) groups is 1. The molecule has 3 aromatic carbocycles. The van der Waals surface area contributed by atoms with E-state index in [0.717, 1.165) is 5.69 Å². The summed E-state index contributed by atoms with van der Waals surface area (Å²) >= 11 is 0. The van der Waals surface area contributed by atoms with Crippen molar-refractivity contribution in [2.45, 2.75) is 11.8 Å². The van der Waals surface area contributed by atoms with Gasteiger partial charge in [-0.3, -0.25) is 9.10 Å². The summed E-state index contributed by atoms with van der Waals surface area (Å²) in [5.41, 5.74) is 1.59. The van der Waals surface area contributed by atoms with Crippen molar-refractivity contribution < 1.29 is 13.2 Å². The first-order valence-electron chi connectivity index (χ1n) is 9.64. The molecule has 0 saturated carbocycles. The number of para-hydroxylation sites is 2. The number of benzene rings is 3. The maximum Gasteiger partial charge on any atom is 0.264 e.